The lowest BCUT2D eigenvalue weighted by Gasteiger charge is -2.19. The lowest BCUT2D eigenvalue weighted by atomic mass is 10.2. The van der Waals surface area contributed by atoms with Crippen LogP contribution in [0, 0.1) is 0 Å². The van der Waals surface area contributed by atoms with Crippen molar-refractivity contribution in [3.8, 4) is 17.2 Å². The molecule has 0 atom stereocenters. The summed E-state index contributed by atoms with van der Waals surface area (Å²) in [5.41, 5.74) is -0.0197. The monoisotopic (exact) mass is 383 g/mol. The van der Waals surface area contributed by atoms with Gasteiger partial charge in [-0.3, -0.25) is 4.79 Å². The Morgan fingerprint density at radius 3 is 2.37 bits per heavy atom. The van der Waals surface area contributed by atoms with Gasteiger partial charge >= 0.3 is 6.18 Å². The first-order valence-corrected chi connectivity index (χ1v) is 7.99. The average molecular weight is 383 g/mol. The summed E-state index contributed by atoms with van der Waals surface area (Å²) in [5.74, 6) is 0.721. The fourth-order valence-corrected chi connectivity index (χ4v) is 2.36. The standard InChI is InChI=1S/C19H20F3NO4/c1-23(11-13-7-8-16(25-2)17(9-13)26-3)18(24)12-27-15-6-4-5-14(10-15)19(20,21)22/h4-10H,11-12H2,1-3H3. The van der Waals surface area contributed by atoms with Crippen LogP contribution in [-0.2, 0) is 17.5 Å². The molecule has 1 amide bonds. The topological polar surface area (TPSA) is 48.0 Å². The highest BCUT2D eigenvalue weighted by molar-refractivity contribution is 5.77. The first-order valence-electron chi connectivity index (χ1n) is 7.99. The molecule has 5 nitrogen and oxygen atoms in total. The molecule has 0 aliphatic carbocycles. The fourth-order valence-electron chi connectivity index (χ4n) is 2.36. The van der Waals surface area contributed by atoms with Crippen molar-refractivity contribution in [2.45, 2.75) is 12.7 Å². The van der Waals surface area contributed by atoms with Crippen molar-refractivity contribution in [1.29, 1.82) is 0 Å². The van der Waals surface area contributed by atoms with Crippen LogP contribution in [0.2, 0.25) is 0 Å². The van der Waals surface area contributed by atoms with E-state index in [1.165, 1.54) is 31.3 Å². The van der Waals surface area contributed by atoms with Gasteiger partial charge in [0.2, 0.25) is 0 Å². The van der Waals surface area contributed by atoms with E-state index in [-0.39, 0.29) is 24.8 Å². The van der Waals surface area contributed by atoms with Crippen LogP contribution < -0.4 is 14.2 Å². The Kier molecular flexibility index (Phi) is 6.55. The molecule has 0 fully saturated rings. The number of methoxy groups -OCH3 is 2. The van der Waals surface area contributed by atoms with Crippen molar-refractivity contribution in [3.05, 3.63) is 53.6 Å². The van der Waals surface area contributed by atoms with E-state index in [2.05, 4.69) is 0 Å². The predicted octanol–water partition coefficient (Wildman–Crippen LogP) is 3.76. The molecule has 0 heterocycles. The molecule has 2 aromatic rings. The van der Waals surface area contributed by atoms with Gasteiger partial charge in [0.15, 0.2) is 18.1 Å². The van der Waals surface area contributed by atoms with Gasteiger partial charge in [0.25, 0.3) is 5.91 Å². The van der Waals surface area contributed by atoms with Gasteiger partial charge in [-0.25, -0.2) is 0 Å². The second-order valence-electron chi connectivity index (χ2n) is 5.75. The number of alkyl halides is 3. The Balaban J connectivity index is 1.96. The maximum atomic E-state index is 12.7. The quantitative estimate of drug-likeness (QED) is 0.731. The van der Waals surface area contributed by atoms with Crippen LogP contribution in [-0.4, -0.2) is 38.7 Å². The Labute approximate surface area is 155 Å². The highest BCUT2D eigenvalue weighted by Gasteiger charge is 2.30. The molecular formula is C19H20F3NO4. The predicted molar refractivity (Wildman–Crippen MR) is 93.0 cm³/mol. The Morgan fingerprint density at radius 2 is 1.74 bits per heavy atom. The van der Waals surface area contributed by atoms with Crippen molar-refractivity contribution < 1.29 is 32.2 Å². The average Bonchev–Trinajstić information content (AvgIpc) is 2.65. The number of carbonyl (C=O) groups excluding carboxylic acids is 1. The van der Waals surface area contributed by atoms with Gasteiger partial charge in [0.05, 0.1) is 19.8 Å². The lowest BCUT2D eigenvalue weighted by Crippen LogP contribution is -2.31. The van der Waals surface area contributed by atoms with Gasteiger partial charge in [0, 0.05) is 13.6 Å². The molecule has 0 radical (unpaired) electrons. The van der Waals surface area contributed by atoms with Gasteiger partial charge in [-0.05, 0) is 35.9 Å². The largest absolute Gasteiger partial charge is 0.493 e. The van der Waals surface area contributed by atoms with E-state index < -0.39 is 11.7 Å². The smallest absolute Gasteiger partial charge is 0.416 e. The molecule has 0 spiro atoms. The number of rotatable bonds is 7. The van der Waals surface area contributed by atoms with E-state index in [0.29, 0.717) is 11.5 Å². The second kappa shape index (κ2) is 8.66. The van der Waals surface area contributed by atoms with Crippen LogP contribution in [0.5, 0.6) is 17.2 Å². The molecule has 0 bridgehead atoms. The first kappa shape index (κ1) is 20.4. The van der Waals surface area contributed by atoms with Crippen LogP contribution in [0.4, 0.5) is 13.2 Å². The van der Waals surface area contributed by atoms with E-state index in [1.54, 1.807) is 25.2 Å². The van der Waals surface area contributed by atoms with Crippen molar-refractivity contribution in [2.24, 2.45) is 0 Å². The van der Waals surface area contributed by atoms with Crippen molar-refractivity contribution in [1.82, 2.24) is 4.90 Å². The zero-order valence-electron chi connectivity index (χ0n) is 15.2. The first-order chi connectivity index (χ1) is 12.7. The summed E-state index contributed by atoms with van der Waals surface area (Å²) in [6, 6.07) is 9.67. The highest BCUT2D eigenvalue weighted by Crippen LogP contribution is 2.31. The van der Waals surface area contributed by atoms with Crippen LogP contribution in [0.3, 0.4) is 0 Å². The molecule has 146 valence electrons. The number of hydrogen-bond donors (Lipinski definition) is 0. The van der Waals surface area contributed by atoms with Crippen LogP contribution in [0.25, 0.3) is 0 Å². The Hall–Kier alpha value is -2.90. The van der Waals surface area contributed by atoms with E-state index in [1.807, 2.05) is 0 Å². The minimum absolute atomic E-state index is 0.0160. The number of likely N-dealkylation sites (N-methyl/N-ethyl adjacent to an activating group) is 1. The number of amides is 1. The SMILES string of the molecule is COc1ccc(CN(C)C(=O)COc2cccc(C(F)(F)F)c2)cc1OC. The van der Waals surface area contributed by atoms with Crippen LogP contribution in [0.15, 0.2) is 42.5 Å². The molecular weight excluding hydrogens is 363 g/mol. The lowest BCUT2D eigenvalue weighted by molar-refractivity contribution is -0.137. The van der Waals surface area contributed by atoms with Crippen molar-refractivity contribution in [2.75, 3.05) is 27.9 Å². The number of carbonyl (C=O) groups is 1. The summed E-state index contributed by atoms with van der Waals surface area (Å²) in [6.07, 6.45) is -4.46. The summed E-state index contributed by atoms with van der Waals surface area (Å²) < 4.78 is 53.7. The molecule has 0 unspecified atom stereocenters. The molecule has 27 heavy (non-hydrogen) atoms. The van der Waals surface area contributed by atoms with Gasteiger partial charge < -0.3 is 19.1 Å². The Bertz CT molecular complexity index is 793. The second-order valence-corrected chi connectivity index (χ2v) is 5.75. The summed E-state index contributed by atoms with van der Waals surface area (Å²) in [5, 5.41) is 0. The van der Waals surface area contributed by atoms with E-state index in [9.17, 15) is 18.0 Å². The van der Waals surface area contributed by atoms with E-state index in [4.69, 9.17) is 14.2 Å². The summed E-state index contributed by atoms with van der Waals surface area (Å²) in [4.78, 5) is 13.6. The zero-order valence-corrected chi connectivity index (χ0v) is 15.2. The minimum atomic E-state index is -4.46. The molecule has 8 heteroatoms. The maximum absolute atomic E-state index is 12.7. The fraction of sp³-hybridized carbons (Fsp3) is 0.316. The molecule has 2 rings (SSSR count). The van der Waals surface area contributed by atoms with Gasteiger partial charge in [-0.15, -0.1) is 0 Å². The van der Waals surface area contributed by atoms with E-state index >= 15 is 0 Å². The van der Waals surface area contributed by atoms with Crippen LogP contribution >= 0.6 is 0 Å². The van der Waals surface area contributed by atoms with Crippen LogP contribution in [0.1, 0.15) is 11.1 Å². The Morgan fingerprint density at radius 1 is 1.04 bits per heavy atom. The molecule has 0 aromatic heterocycles. The summed E-state index contributed by atoms with van der Waals surface area (Å²) >= 11 is 0. The van der Waals surface area contributed by atoms with Gasteiger partial charge in [-0.2, -0.15) is 13.2 Å². The third kappa shape index (κ3) is 5.54. The molecule has 0 saturated heterocycles. The minimum Gasteiger partial charge on any atom is -0.493 e. The molecule has 0 aliphatic rings. The number of hydrogen-bond acceptors (Lipinski definition) is 4. The normalized spacial score (nSPS) is 11.0. The van der Waals surface area contributed by atoms with E-state index in [0.717, 1.165) is 17.7 Å². The van der Waals surface area contributed by atoms with Gasteiger partial charge in [-0.1, -0.05) is 12.1 Å². The molecule has 0 aliphatic heterocycles. The number of halogens is 3. The van der Waals surface area contributed by atoms with Gasteiger partial charge in [0.1, 0.15) is 5.75 Å². The number of nitrogens with zero attached hydrogens (tertiary/aromatic N) is 1. The summed E-state index contributed by atoms with van der Waals surface area (Å²) in [6.45, 7) is -0.0871. The third-order valence-corrected chi connectivity index (χ3v) is 3.82. The zero-order chi connectivity index (χ0) is 20.0. The maximum Gasteiger partial charge on any atom is 0.416 e. The van der Waals surface area contributed by atoms with Crippen molar-refractivity contribution >= 4 is 5.91 Å². The highest BCUT2D eigenvalue weighted by atomic mass is 19.4. The molecule has 0 N–H and O–H groups in total. The summed E-state index contributed by atoms with van der Waals surface area (Å²) in [7, 11) is 4.62. The molecule has 2 aromatic carbocycles. The third-order valence-electron chi connectivity index (χ3n) is 3.82. The van der Waals surface area contributed by atoms with Crippen molar-refractivity contribution in [3.63, 3.8) is 0 Å². The number of ether oxygens (including phenoxy) is 3. The number of benzene rings is 2. The molecule has 0 saturated carbocycles.